The first-order chi connectivity index (χ1) is 12.5. The van der Waals surface area contributed by atoms with E-state index in [0.29, 0.717) is 10.6 Å². The van der Waals surface area contributed by atoms with Crippen molar-refractivity contribution in [3.8, 4) is 6.07 Å². The van der Waals surface area contributed by atoms with Crippen LogP contribution in [0.25, 0.3) is 0 Å². The molecule has 1 saturated heterocycles. The normalized spacial score (nSPS) is 30.6. The molecule has 1 aromatic carbocycles. The van der Waals surface area contributed by atoms with Crippen LogP contribution in [0, 0.1) is 23.7 Å². The Morgan fingerprint density at radius 2 is 2.11 bits per heavy atom. The second-order valence-electron chi connectivity index (χ2n) is 7.03. The maximum absolute atomic E-state index is 13.1. The number of benzene rings is 1. The quantitative estimate of drug-likeness (QED) is 0.726. The summed E-state index contributed by atoms with van der Waals surface area (Å²) in [7, 11) is -3.82. The number of carboxylic acid groups (broad SMARTS) is 1. The van der Waals surface area contributed by atoms with E-state index in [0.717, 1.165) is 0 Å². The Morgan fingerprint density at radius 1 is 1.44 bits per heavy atom. The van der Waals surface area contributed by atoms with E-state index in [2.05, 4.69) is 0 Å². The minimum atomic E-state index is -3.82. The molecule has 2 aliphatic rings. The number of carbonyl (C=O) groups excluding carboxylic acids is 1. The first kappa shape index (κ1) is 19.6. The molecular weight excluding hydrogens is 394 g/mol. The summed E-state index contributed by atoms with van der Waals surface area (Å²) in [6, 6.07) is 4.49. The number of nitrogens with zero attached hydrogens (tertiary/aromatic N) is 2. The number of amides is 1. The number of hydrogen-bond acceptors (Lipinski definition) is 6. The number of carboxylic acids is 1. The summed E-state index contributed by atoms with van der Waals surface area (Å²) in [6.07, 6.45) is -0.0220. The molecule has 2 unspecified atom stereocenters. The van der Waals surface area contributed by atoms with Crippen molar-refractivity contribution < 1.29 is 23.1 Å². The van der Waals surface area contributed by atoms with Crippen LogP contribution in [-0.4, -0.2) is 54.2 Å². The van der Waals surface area contributed by atoms with E-state index in [1.165, 1.54) is 23.1 Å². The SMILES string of the molecule is Cc1cc(Cl)ccc1S(=O)(=O)[C@@H]1C[C@@H](C(=O)O)N(C2CC2(C#N)C(N)=O)C1. The molecule has 1 saturated carbocycles. The summed E-state index contributed by atoms with van der Waals surface area (Å²) < 4.78 is 26.1. The van der Waals surface area contributed by atoms with Gasteiger partial charge in [-0.3, -0.25) is 14.5 Å². The molecule has 1 amide bonds. The van der Waals surface area contributed by atoms with Crippen LogP contribution in [0.1, 0.15) is 18.4 Å². The van der Waals surface area contributed by atoms with Crippen LogP contribution in [0.5, 0.6) is 0 Å². The number of rotatable bonds is 5. The monoisotopic (exact) mass is 411 g/mol. The third-order valence-corrected chi connectivity index (χ3v) is 7.96. The molecule has 8 nitrogen and oxygen atoms in total. The molecular formula is C17H18ClN3O5S. The molecule has 0 spiro atoms. The minimum Gasteiger partial charge on any atom is -0.480 e. The lowest BCUT2D eigenvalue weighted by Crippen LogP contribution is -2.42. The van der Waals surface area contributed by atoms with Gasteiger partial charge < -0.3 is 10.8 Å². The molecule has 3 N–H and O–H groups in total. The molecule has 2 fully saturated rings. The van der Waals surface area contributed by atoms with Crippen molar-refractivity contribution in [3.05, 3.63) is 28.8 Å². The Bertz CT molecular complexity index is 973. The lowest BCUT2D eigenvalue weighted by atomic mass is 10.1. The van der Waals surface area contributed by atoms with Gasteiger partial charge in [-0.1, -0.05) is 11.6 Å². The van der Waals surface area contributed by atoms with Crippen LogP contribution in [-0.2, 0) is 19.4 Å². The van der Waals surface area contributed by atoms with Gasteiger partial charge in [-0.25, -0.2) is 8.42 Å². The Hall–Kier alpha value is -2.15. The van der Waals surface area contributed by atoms with Gasteiger partial charge in [0.15, 0.2) is 15.3 Å². The molecule has 0 bridgehead atoms. The van der Waals surface area contributed by atoms with E-state index in [1.807, 2.05) is 6.07 Å². The Kier molecular flexibility index (Phi) is 4.70. The highest BCUT2D eigenvalue weighted by Crippen LogP contribution is 2.51. The first-order valence-electron chi connectivity index (χ1n) is 8.24. The van der Waals surface area contributed by atoms with Crippen LogP contribution in [0.15, 0.2) is 23.1 Å². The standard InChI is InChI=1S/C17H18ClN3O5S/c1-9-4-10(18)2-3-13(9)27(25,26)11-5-12(15(22)23)21(7-11)14-6-17(14,8-19)16(20)24/h2-4,11-12,14H,5-7H2,1H3,(H2,20,24)(H,22,23)/t11-,12+,14?,17?/m1/s1. The van der Waals surface area contributed by atoms with Gasteiger partial charge in [-0.15, -0.1) is 0 Å². The number of aliphatic carboxylic acids is 1. The van der Waals surface area contributed by atoms with Gasteiger partial charge in [0, 0.05) is 17.6 Å². The molecule has 1 heterocycles. The van der Waals surface area contributed by atoms with Crippen molar-refractivity contribution >= 4 is 33.3 Å². The lowest BCUT2D eigenvalue weighted by Gasteiger charge is -2.22. The van der Waals surface area contributed by atoms with E-state index in [9.17, 15) is 28.4 Å². The molecule has 1 aromatic rings. The van der Waals surface area contributed by atoms with Gasteiger partial charge in [0.2, 0.25) is 5.91 Å². The molecule has 0 aromatic heterocycles. The van der Waals surface area contributed by atoms with Crippen molar-refractivity contribution in [2.75, 3.05) is 6.54 Å². The number of carbonyl (C=O) groups is 2. The summed E-state index contributed by atoms with van der Waals surface area (Å²) in [6.45, 7) is 1.54. The smallest absolute Gasteiger partial charge is 0.320 e. The summed E-state index contributed by atoms with van der Waals surface area (Å²) >= 11 is 5.89. The van der Waals surface area contributed by atoms with Gasteiger partial charge >= 0.3 is 5.97 Å². The summed E-state index contributed by atoms with van der Waals surface area (Å²) in [5.74, 6) is -2.01. The number of likely N-dealkylation sites (tertiary alicyclic amines) is 1. The van der Waals surface area contributed by atoms with Crippen molar-refractivity contribution in [3.63, 3.8) is 0 Å². The largest absolute Gasteiger partial charge is 0.480 e. The van der Waals surface area contributed by atoms with Gasteiger partial charge in [-0.2, -0.15) is 5.26 Å². The average Bonchev–Trinajstić information content (AvgIpc) is 3.15. The maximum Gasteiger partial charge on any atom is 0.320 e. The molecule has 4 atom stereocenters. The number of nitriles is 1. The fraction of sp³-hybridized carbons (Fsp3) is 0.471. The molecule has 3 rings (SSSR count). The zero-order chi connectivity index (χ0) is 20.1. The van der Waals surface area contributed by atoms with Gasteiger partial charge in [-0.05, 0) is 43.5 Å². The summed E-state index contributed by atoms with van der Waals surface area (Å²) in [5.41, 5.74) is 4.32. The number of aryl methyl sites for hydroxylation is 1. The van der Waals surface area contributed by atoms with Gasteiger partial charge in [0.05, 0.1) is 16.2 Å². The van der Waals surface area contributed by atoms with Crippen molar-refractivity contribution in [1.82, 2.24) is 4.90 Å². The summed E-state index contributed by atoms with van der Waals surface area (Å²) in [4.78, 5) is 24.8. The number of primary amides is 1. The minimum absolute atomic E-state index is 0.0806. The predicted molar refractivity (Wildman–Crippen MR) is 95.6 cm³/mol. The lowest BCUT2D eigenvalue weighted by molar-refractivity contribution is -0.142. The van der Waals surface area contributed by atoms with Gasteiger partial charge in [0.1, 0.15) is 6.04 Å². The number of sulfone groups is 1. The molecule has 27 heavy (non-hydrogen) atoms. The molecule has 0 radical (unpaired) electrons. The van der Waals surface area contributed by atoms with Gasteiger partial charge in [0.25, 0.3) is 0 Å². The molecule has 1 aliphatic carbocycles. The number of hydrogen-bond donors (Lipinski definition) is 2. The topological polar surface area (TPSA) is 142 Å². The Balaban J connectivity index is 1.93. The molecule has 1 aliphatic heterocycles. The van der Waals surface area contributed by atoms with Crippen molar-refractivity contribution in [2.24, 2.45) is 11.1 Å². The van der Waals surface area contributed by atoms with Crippen LogP contribution in [0.4, 0.5) is 0 Å². The third kappa shape index (κ3) is 3.08. The van der Waals surface area contributed by atoms with Crippen LogP contribution >= 0.6 is 11.6 Å². The molecule has 144 valence electrons. The molecule has 10 heteroatoms. The second-order valence-corrected chi connectivity index (χ2v) is 9.66. The number of halogens is 1. The van der Waals surface area contributed by atoms with Crippen molar-refractivity contribution in [1.29, 1.82) is 5.26 Å². The second kappa shape index (κ2) is 6.48. The Labute approximate surface area is 161 Å². The maximum atomic E-state index is 13.1. The van der Waals surface area contributed by atoms with E-state index < -0.39 is 44.5 Å². The van der Waals surface area contributed by atoms with E-state index in [4.69, 9.17) is 17.3 Å². The van der Waals surface area contributed by atoms with E-state index in [1.54, 1.807) is 6.92 Å². The highest BCUT2D eigenvalue weighted by Gasteiger charge is 2.66. The highest BCUT2D eigenvalue weighted by molar-refractivity contribution is 7.92. The van der Waals surface area contributed by atoms with Crippen molar-refractivity contribution in [2.45, 2.75) is 42.0 Å². The van der Waals surface area contributed by atoms with Crippen LogP contribution in [0.3, 0.4) is 0 Å². The predicted octanol–water partition coefficient (Wildman–Crippen LogP) is 0.717. The fourth-order valence-electron chi connectivity index (χ4n) is 3.83. The zero-order valence-electron chi connectivity index (χ0n) is 14.4. The van der Waals surface area contributed by atoms with E-state index in [-0.39, 0.29) is 24.3 Å². The van der Waals surface area contributed by atoms with E-state index >= 15 is 0 Å². The average molecular weight is 412 g/mol. The first-order valence-corrected chi connectivity index (χ1v) is 10.2. The fourth-order valence-corrected chi connectivity index (χ4v) is 5.99. The highest BCUT2D eigenvalue weighted by atomic mass is 35.5. The summed E-state index contributed by atoms with van der Waals surface area (Å²) in [5, 5.41) is 18.3. The Morgan fingerprint density at radius 3 is 2.59 bits per heavy atom. The van der Waals surface area contributed by atoms with Crippen LogP contribution in [0.2, 0.25) is 5.02 Å². The van der Waals surface area contributed by atoms with Crippen LogP contribution < -0.4 is 5.73 Å². The zero-order valence-corrected chi connectivity index (χ0v) is 16.0. The number of nitrogens with two attached hydrogens (primary N) is 1. The third-order valence-electron chi connectivity index (χ3n) is 5.43.